The van der Waals surface area contributed by atoms with Gasteiger partial charge in [-0.05, 0) is 26.3 Å². The van der Waals surface area contributed by atoms with Crippen LogP contribution in [0, 0.1) is 22.5 Å². The van der Waals surface area contributed by atoms with Crippen LogP contribution in [-0.2, 0) is 9.53 Å². The van der Waals surface area contributed by atoms with Crippen LogP contribution < -0.4 is 5.73 Å². The van der Waals surface area contributed by atoms with Crippen molar-refractivity contribution in [1.82, 2.24) is 0 Å². The third-order valence-electron chi connectivity index (χ3n) is 3.28. The number of nitrogens with two attached hydrogens (primary N) is 1. The van der Waals surface area contributed by atoms with Crippen LogP contribution >= 0.6 is 0 Å². The van der Waals surface area contributed by atoms with Gasteiger partial charge in [-0.25, -0.2) is 0 Å². The normalized spacial score (nSPS) is 12.9. The maximum atomic E-state index is 11.7. The van der Waals surface area contributed by atoms with Crippen molar-refractivity contribution in [1.29, 1.82) is 0 Å². The lowest BCUT2D eigenvalue weighted by Crippen LogP contribution is -2.37. The van der Waals surface area contributed by atoms with E-state index in [2.05, 4.69) is 0 Å². The molecule has 0 fully saturated rings. The summed E-state index contributed by atoms with van der Waals surface area (Å²) in [5.41, 5.74) is 6.17. The van der Waals surface area contributed by atoms with Gasteiger partial charge >= 0.3 is 5.97 Å². The number of nitro benzene ring substituents is 1. The zero-order valence-corrected chi connectivity index (χ0v) is 11.5. The topological polar surface area (TPSA) is 95.5 Å². The molecule has 0 saturated heterocycles. The van der Waals surface area contributed by atoms with Crippen molar-refractivity contribution in [3.63, 3.8) is 0 Å². The molecule has 0 bridgehead atoms. The number of aryl methyl sites for hydroxylation is 1. The van der Waals surface area contributed by atoms with Crippen molar-refractivity contribution in [3.05, 3.63) is 39.4 Å². The van der Waals surface area contributed by atoms with E-state index in [1.807, 2.05) is 0 Å². The van der Waals surface area contributed by atoms with E-state index in [0.717, 1.165) is 0 Å². The lowest BCUT2D eigenvalue weighted by Gasteiger charge is -2.28. The first-order chi connectivity index (χ1) is 8.71. The van der Waals surface area contributed by atoms with E-state index in [-0.39, 0.29) is 5.69 Å². The number of carbonyl (C=O) groups excluding carboxylic acids is 1. The molecule has 1 aromatic carbocycles. The van der Waals surface area contributed by atoms with E-state index < -0.39 is 22.3 Å². The lowest BCUT2D eigenvalue weighted by atomic mass is 9.80. The molecule has 2 N–H and O–H groups in total. The third kappa shape index (κ3) is 2.90. The number of nitrogens with zero attached hydrogens (tertiary/aromatic N) is 1. The fourth-order valence-electron chi connectivity index (χ4n) is 1.82. The molecule has 104 valence electrons. The van der Waals surface area contributed by atoms with Crippen molar-refractivity contribution in [2.45, 2.75) is 26.8 Å². The van der Waals surface area contributed by atoms with Crippen LogP contribution in [0.4, 0.5) is 5.69 Å². The van der Waals surface area contributed by atoms with Crippen molar-refractivity contribution in [3.8, 4) is 0 Å². The summed E-state index contributed by atoms with van der Waals surface area (Å²) in [6.45, 7) is 4.95. The molecule has 0 saturated carbocycles. The fourth-order valence-corrected chi connectivity index (χ4v) is 1.82. The molecule has 1 rings (SSSR count). The van der Waals surface area contributed by atoms with Crippen molar-refractivity contribution in [2.24, 2.45) is 11.1 Å². The highest BCUT2D eigenvalue weighted by Crippen LogP contribution is 2.34. The van der Waals surface area contributed by atoms with Crippen molar-refractivity contribution in [2.75, 3.05) is 7.11 Å². The number of esters is 1. The second kappa shape index (κ2) is 5.36. The van der Waals surface area contributed by atoms with Gasteiger partial charge in [0.25, 0.3) is 5.69 Å². The van der Waals surface area contributed by atoms with E-state index in [0.29, 0.717) is 11.1 Å². The van der Waals surface area contributed by atoms with Gasteiger partial charge in [-0.2, -0.15) is 0 Å². The van der Waals surface area contributed by atoms with Gasteiger partial charge in [0.2, 0.25) is 0 Å². The summed E-state index contributed by atoms with van der Waals surface area (Å²) in [5, 5.41) is 10.9. The molecule has 0 aromatic heterocycles. The average Bonchev–Trinajstić information content (AvgIpc) is 2.36. The molecule has 0 amide bonds. The largest absolute Gasteiger partial charge is 0.469 e. The van der Waals surface area contributed by atoms with E-state index in [1.165, 1.54) is 13.2 Å². The van der Waals surface area contributed by atoms with Crippen molar-refractivity contribution >= 4 is 11.7 Å². The van der Waals surface area contributed by atoms with Gasteiger partial charge in [0, 0.05) is 17.7 Å². The van der Waals surface area contributed by atoms with Crippen LogP contribution in [0.5, 0.6) is 0 Å². The summed E-state index contributed by atoms with van der Waals surface area (Å²) in [4.78, 5) is 22.1. The Kier molecular flexibility index (Phi) is 4.26. The van der Waals surface area contributed by atoms with E-state index in [4.69, 9.17) is 10.5 Å². The zero-order valence-electron chi connectivity index (χ0n) is 11.5. The molecule has 0 aliphatic heterocycles. The summed E-state index contributed by atoms with van der Waals surface area (Å²) >= 11 is 0. The van der Waals surface area contributed by atoms with Crippen LogP contribution in [0.1, 0.15) is 31.0 Å². The van der Waals surface area contributed by atoms with Crippen LogP contribution in [0.25, 0.3) is 0 Å². The van der Waals surface area contributed by atoms with E-state index >= 15 is 0 Å². The standard InChI is InChI=1S/C13H18N2O4/c1-8-5-6-9(7-10(8)15(17)18)11(14)13(2,3)12(16)19-4/h5-7,11H,14H2,1-4H3/t11-/m1/s1. The Morgan fingerprint density at radius 2 is 2.05 bits per heavy atom. The van der Waals surface area contributed by atoms with Crippen LogP contribution in [0.15, 0.2) is 18.2 Å². The molecule has 6 nitrogen and oxygen atoms in total. The quantitative estimate of drug-likeness (QED) is 0.511. The predicted octanol–water partition coefficient (Wildman–Crippen LogP) is 2.10. The Hall–Kier alpha value is -1.95. The molecule has 1 aromatic rings. The molecule has 1 atom stereocenters. The molecule has 6 heteroatoms. The number of nitro groups is 1. The maximum Gasteiger partial charge on any atom is 0.313 e. The van der Waals surface area contributed by atoms with Gasteiger partial charge in [0.1, 0.15) is 0 Å². The minimum atomic E-state index is -0.960. The Bertz CT molecular complexity index is 511. The highest BCUT2D eigenvalue weighted by Gasteiger charge is 2.37. The molecule has 0 spiro atoms. The summed E-state index contributed by atoms with van der Waals surface area (Å²) < 4.78 is 4.71. The third-order valence-corrected chi connectivity index (χ3v) is 3.28. The number of methoxy groups -OCH3 is 1. The predicted molar refractivity (Wildman–Crippen MR) is 70.6 cm³/mol. The fraction of sp³-hybridized carbons (Fsp3) is 0.462. The highest BCUT2D eigenvalue weighted by atomic mass is 16.6. The molecular formula is C13H18N2O4. The Morgan fingerprint density at radius 3 is 2.53 bits per heavy atom. The average molecular weight is 266 g/mol. The molecule has 0 aliphatic carbocycles. The smallest absolute Gasteiger partial charge is 0.313 e. The SMILES string of the molecule is COC(=O)C(C)(C)[C@H](N)c1ccc(C)c([N+](=O)[O-])c1. The summed E-state index contributed by atoms with van der Waals surface area (Å²) in [6.07, 6.45) is 0. The lowest BCUT2D eigenvalue weighted by molar-refractivity contribution is -0.385. The molecular weight excluding hydrogens is 248 g/mol. The Labute approximate surface area is 111 Å². The first-order valence-corrected chi connectivity index (χ1v) is 5.80. The number of rotatable bonds is 4. The Balaban J connectivity index is 3.20. The number of hydrogen-bond donors (Lipinski definition) is 1. The number of carbonyl (C=O) groups is 1. The maximum absolute atomic E-state index is 11.7. The van der Waals surface area contributed by atoms with Crippen LogP contribution in [0.3, 0.4) is 0 Å². The highest BCUT2D eigenvalue weighted by molar-refractivity contribution is 5.77. The zero-order chi connectivity index (χ0) is 14.8. The number of hydrogen-bond acceptors (Lipinski definition) is 5. The van der Waals surface area contributed by atoms with Gasteiger partial charge in [0.15, 0.2) is 0 Å². The number of ether oxygens (including phenoxy) is 1. The summed E-state index contributed by atoms with van der Waals surface area (Å²) in [5.74, 6) is -0.455. The van der Waals surface area contributed by atoms with Gasteiger partial charge in [0.05, 0.1) is 17.4 Å². The molecule has 0 radical (unpaired) electrons. The van der Waals surface area contributed by atoms with Gasteiger partial charge in [-0.3, -0.25) is 14.9 Å². The van der Waals surface area contributed by atoms with Crippen LogP contribution in [0.2, 0.25) is 0 Å². The minimum Gasteiger partial charge on any atom is -0.469 e. The Morgan fingerprint density at radius 1 is 1.47 bits per heavy atom. The second-order valence-corrected chi connectivity index (χ2v) is 4.99. The van der Waals surface area contributed by atoms with E-state index in [1.54, 1.807) is 32.9 Å². The minimum absolute atomic E-state index is 0.00591. The molecule has 0 heterocycles. The molecule has 0 unspecified atom stereocenters. The van der Waals surface area contributed by atoms with Crippen LogP contribution in [-0.4, -0.2) is 18.0 Å². The van der Waals surface area contributed by atoms with Gasteiger partial charge in [-0.15, -0.1) is 0 Å². The monoisotopic (exact) mass is 266 g/mol. The first kappa shape index (κ1) is 15.1. The van der Waals surface area contributed by atoms with Gasteiger partial charge in [-0.1, -0.05) is 12.1 Å². The first-order valence-electron chi connectivity index (χ1n) is 5.80. The van der Waals surface area contributed by atoms with Crippen molar-refractivity contribution < 1.29 is 14.5 Å². The summed E-state index contributed by atoms with van der Waals surface area (Å²) in [7, 11) is 1.29. The number of benzene rings is 1. The summed E-state index contributed by atoms with van der Waals surface area (Å²) in [6, 6.07) is 4.04. The molecule has 19 heavy (non-hydrogen) atoms. The van der Waals surface area contributed by atoms with E-state index in [9.17, 15) is 14.9 Å². The van der Waals surface area contributed by atoms with Gasteiger partial charge < -0.3 is 10.5 Å². The molecule has 0 aliphatic rings. The second-order valence-electron chi connectivity index (χ2n) is 4.99.